The third-order valence-electron chi connectivity index (χ3n) is 3.84. The van der Waals surface area contributed by atoms with Crippen LogP contribution in [0, 0.1) is 4.51 Å². The summed E-state index contributed by atoms with van der Waals surface area (Å²) in [5.41, 5.74) is 1.99. The average molecular weight is 296 g/mol. The number of rotatable bonds is 9. The lowest BCUT2D eigenvalue weighted by Crippen LogP contribution is -2.33. The second kappa shape index (κ2) is 7.89. The molecular weight excluding hydrogens is 268 g/mol. The van der Waals surface area contributed by atoms with E-state index < -0.39 is 0 Å². The van der Waals surface area contributed by atoms with Gasteiger partial charge >= 0.3 is 0 Å². The van der Waals surface area contributed by atoms with Crippen molar-refractivity contribution in [1.29, 1.82) is 0 Å². The molecule has 0 aliphatic carbocycles. The second-order valence-electron chi connectivity index (χ2n) is 5.78. The van der Waals surface area contributed by atoms with Crippen molar-refractivity contribution in [3.8, 4) is 0 Å². The number of hydrogen-bond donors (Lipinski definition) is 0. The maximum Gasteiger partial charge on any atom is 0.220 e. The lowest BCUT2D eigenvalue weighted by molar-refractivity contribution is 0.286. The van der Waals surface area contributed by atoms with Crippen LogP contribution >= 0.6 is 12.2 Å². The summed E-state index contributed by atoms with van der Waals surface area (Å²) in [6, 6.07) is 0. The van der Waals surface area contributed by atoms with Crippen LogP contribution < -0.4 is 10.3 Å². The molecule has 0 spiro atoms. The Labute approximate surface area is 128 Å². The molecular formula is C16H28N2OS. The first-order chi connectivity index (χ1) is 9.43. The molecule has 1 rings (SSSR count). The van der Waals surface area contributed by atoms with E-state index in [0.29, 0.717) is 10.4 Å². The van der Waals surface area contributed by atoms with Crippen LogP contribution in [0.15, 0.2) is 4.79 Å². The quantitative estimate of drug-likeness (QED) is 0.652. The zero-order valence-electron chi connectivity index (χ0n) is 13.5. The minimum absolute atomic E-state index is 0.0621. The van der Waals surface area contributed by atoms with Crippen LogP contribution in [0.4, 0.5) is 5.69 Å². The molecule has 0 aliphatic heterocycles. The third-order valence-corrected chi connectivity index (χ3v) is 4.24. The Bertz CT molecular complexity index is 489. The van der Waals surface area contributed by atoms with Crippen molar-refractivity contribution in [1.82, 2.24) is 4.90 Å². The summed E-state index contributed by atoms with van der Waals surface area (Å²) in [7, 11) is 2.01. The van der Waals surface area contributed by atoms with Crippen LogP contribution in [0.2, 0.25) is 0 Å². The minimum atomic E-state index is 0.0621. The lowest BCUT2D eigenvalue weighted by Gasteiger charge is -2.27. The first-order valence-electron chi connectivity index (χ1n) is 7.70. The number of nitrogens with zero attached hydrogens (tertiary/aromatic N) is 2. The van der Waals surface area contributed by atoms with E-state index in [2.05, 4.69) is 37.5 Å². The van der Waals surface area contributed by atoms with Crippen molar-refractivity contribution in [2.24, 2.45) is 0 Å². The highest BCUT2D eigenvalue weighted by atomic mass is 32.1. The van der Waals surface area contributed by atoms with Gasteiger partial charge in [-0.25, -0.2) is 0 Å². The first-order valence-corrected chi connectivity index (χ1v) is 8.11. The summed E-state index contributed by atoms with van der Waals surface area (Å²) in [6.45, 7) is 12.9. The molecule has 0 fully saturated rings. The Morgan fingerprint density at radius 1 is 1.15 bits per heavy atom. The standard InChI is InChI=1S/C16H28N2OS/c1-6-9-18(7-2)11-8-10-17(5)14-13(12(3)4)16(20)15(14)19/h12H,6-11H2,1-5H3. The van der Waals surface area contributed by atoms with E-state index >= 15 is 0 Å². The normalized spacial score (nSPS) is 11.8. The summed E-state index contributed by atoms with van der Waals surface area (Å²) in [5.74, 6) is 0.338. The molecule has 0 atom stereocenters. The van der Waals surface area contributed by atoms with E-state index in [9.17, 15) is 4.79 Å². The fraction of sp³-hybridized carbons (Fsp3) is 0.750. The van der Waals surface area contributed by atoms with Gasteiger partial charge in [0.15, 0.2) is 0 Å². The van der Waals surface area contributed by atoms with Crippen LogP contribution in [-0.4, -0.2) is 38.1 Å². The molecule has 0 saturated heterocycles. The van der Waals surface area contributed by atoms with E-state index in [0.717, 1.165) is 43.9 Å². The Balaban J connectivity index is 2.56. The van der Waals surface area contributed by atoms with Gasteiger partial charge in [0.25, 0.3) is 0 Å². The van der Waals surface area contributed by atoms with Gasteiger partial charge in [-0.3, -0.25) is 4.79 Å². The SMILES string of the molecule is CCCN(CC)CCCN(C)c1c(C(C)C)c(=S)c1=O. The third kappa shape index (κ3) is 3.89. The van der Waals surface area contributed by atoms with E-state index in [-0.39, 0.29) is 5.43 Å². The largest absolute Gasteiger partial charge is 0.371 e. The van der Waals surface area contributed by atoms with Crippen LogP contribution in [0.25, 0.3) is 0 Å². The Kier molecular flexibility index (Phi) is 6.83. The molecule has 0 heterocycles. The van der Waals surface area contributed by atoms with E-state index in [1.807, 2.05) is 7.05 Å². The molecule has 0 radical (unpaired) electrons. The molecule has 0 saturated carbocycles. The number of hydrogen-bond acceptors (Lipinski definition) is 4. The van der Waals surface area contributed by atoms with Gasteiger partial charge in [-0.1, -0.05) is 39.9 Å². The summed E-state index contributed by atoms with van der Waals surface area (Å²) in [5, 5.41) is 0. The first kappa shape index (κ1) is 17.3. The van der Waals surface area contributed by atoms with E-state index in [4.69, 9.17) is 12.2 Å². The lowest BCUT2D eigenvalue weighted by atomic mass is 9.96. The molecule has 0 aromatic heterocycles. The van der Waals surface area contributed by atoms with Crippen LogP contribution in [0.5, 0.6) is 0 Å². The molecule has 4 heteroatoms. The van der Waals surface area contributed by atoms with Gasteiger partial charge in [0.2, 0.25) is 5.43 Å². The summed E-state index contributed by atoms with van der Waals surface area (Å²) in [4.78, 5) is 16.5. The molecule has 0 bridgehead atoms. The van der Waals surface area contributed by atoms with Gasteiger partial charge in [0.1, 0.15) is 0 Å². The zero-order chi connectivity index (χ0) is 15.3. The predicted octanol–water partition coefficient (Wildman–Crippen LogP) is 3.33. The van der Waals surface area contributed by atoms with Gasteiger partial charge in [0, 0.05) is 19.2 Å². The molecule has 1 aromatic rings. The molecule has 114 valence electrons. The van der Waals surface area contributed by atoms with Gasteiger partial charge in [-0.05, 0) is 38.4 Å². The fourth-order valence-corrected chi connectivity index (χ4v) is 3.13. The van der Waals surface area contributed by atoms with Crippen LogP contribution in [0.3, 0.4) is 0 Å². The minimum Gasteiger partial charge on any atom is -0.371 e. The Morgan fingerprint density at radius 2 is 1.80 bits per heavy atom. The molecule has 0 aliphatic rings. The van der Waals surface area contributed by atoms with Crippen molar-refractivity contribution in [3.05, 3.63) is 20.3 Å². The van der Waals surface area contributed by atoms with Crippen molar-refractivity contribution in [3.63, 3.8) is 0 Å². The highest BCUT2D eigenvalue weighted by Gasteiger charge is 2.22. The van der Waals surface area contributed by atoms with Crippen LogP contribution in [-0.2, 0) is 0 Å². The van der Waals surface area contributed by atoms with Gasteiger partial charge in [0.05, 0.1) is 10.2 Å². The molecule has 0 unspecified atom stereocenters. The van der Waals surface area contributed by atoms with Crippen molar-refractivity contribution < 1.29 is 0 Å². The molecule has 0 amide bonds. The van der Waals surface area contributed by atoms with Crippen molar-refractivity contribution in [2.45, 2.75) is 46.5 Å². The Hall–Kier alpha value is -0.740. The fourth-order valence-electron chi connectivity index (χ4n) is 2.70. The average Bonchev–Trinajstić information content (AvgIpc) is 2.41. The zero-order valence-corrected chi connectivity index (χ0v) is 14.3. The van der Waals surface area contributed by atoms with Crippen molar-refractivity contribution in [2.75, 3.05) is 38.1 Å². The summed E-state index contributed by atoms with van der Waals surface area (Å²) < 4.78 is 0.544. The molecule has 3 nitrogen and oxygen atoms in total. The topological polar surface area (TPSA) is 23.6 Å². The molecule has 0 N–H and O–H groups in total. The predicted molar refractivity (Wildman–Crippen MR) is 90.3 cm³/mol. The second-order valence-corrected chi connectivity index (χ2v) is 6.19. The summed E-state index contributed by atoms with van der Waals surface area (Å²) in [6.07, 6.45) is 2.28. The maximum absolute atomic E-state index is 11.9. The van der Waals surface area contributed by atoms with Crippen molar-refractivity contribution >= 4 is 17.9 Å². The van der Waals surface area contributed by atoms with Gasteiger partial charge in [-0.2, -0.15) is 0 Å². The molecule has 20 heavy (non-hydrogen) atoms. The maximum atomic E-state index is 11.9. The van der Waals surface area contributed by atoms with E-state index in [1.54, 1.807) is 0 Å². The highest BCUT2D eigenvalue weighted by molar-refractivity contribution is 7.71. The monoisotopic (exact) mass is 296 g/mol. The summed E-state index contributed by atoms with van der Waals surface area (Å²) >= 11 is 5.17. The van der Waals surface area contributed by atoms with Gasteiger partial charge < -0.3 is 9.80 Å². The smallest absolute Gasteiger partial charge is 0.220 e. The van der Waals surface area contributed by atoms with Crippen LogP contribution in [0.1, 0.15) is 52.0 Å². The van der Waals surface area contributed by atoms with Gasteiger partial charge in [-0.15, -0.1) is 0 Å². The Morgan fingerprint density at radius 3 is 2.30 bits per heavy atom. The molecule has 1 aromatic carbocycles. The highest BCUT2D eigenvalue weighted by Crippen LogP contribution is 2.27. The number of anilines is 1. The van der Waals surface area contributed by atoms with E-state index in [1.165, 1.54) is 6.42 Å².